The Morgan fingerprint density at radius 2 is 1.85 bits per heavy atom. The number of benzene rings is 1. The molecule has 1 rings (SSSR count). The van der Waals surface area contributed by atoms with E-state index in [-0.39, 0.29) is 12.3 Å². The van der Waals surface area contributed by atoms with E-state index in [0.717, 1.165) is 9.87 Å². The molecular formula is C13H21N3O3S. The van der Waals surface area contributed by atoms with Gasteiger partial charge in [0.25, 0.3) is 5.91 Å². The van der Waals surface area contributed by atoms with Gasteiger partial charge in [-0.3, -0.25) is 14.5 Å². The molecule has 0 aliphatic rings. The normalized spacial score (nSPS) is 11.4. The van der Waals surface area contributed by atoms with Crippen LogP contribution in [-0.2, 0) is 14.8 Å². The summed E-state index contributed by atoms with van der Waals surface area (Å²) in [6, 6.07) is 7.12. The van der Waals surface area contributed by atoms with Crippen molar-refractivity contribution in [3.05, 3.63) is 29.8 Å². The fourth-order valence-corrected chi connectivity index (χ4v) is 2.78. The van der Waals surface area contributed by atoms with Gasteiger partial charge in [0.1, 0.15) is 6.54 Å². The fraction of sp³-hybridized carbons (Fsp3) is 0.462. The van der Waals surface area contributed by atoms with Gasteiger partial charge < -0.3 is 0 Å². The summed E-state index contributed by atoms with van der Waals surface area (Å²) in [5.74, 6) is 4.73. The fourth-order valence-electron chi connectivity index (χ4n) is 1.71. The molecule has 1 amide bonds. The number of carbonyl (C=O) groups is 1. The standard InChI is InChI=1S/C13H21N3O3S/c1-4-20(18,19)16(9-13(17)15-14)12-7-5-11(6-8-12)10(2)3/h5-8,10H,4,9,14H2,1-3H3,(H,15,17). The quantitative estimate of drug-likeness (QED) is 0.465. The highest BCUT2D eigenvalue weighted by Gasteiger charge is 2.23. The molecule has 0 atom stereocenters. The average molecular weight is 299 g/mol. The van der Waals surface area contributed by atoms with Crippen molar-refractivity contribution in [2.24, 2.45) is 5.84 Å². The van der Waals surface area contributed by atoms with Crippen LogP contribution < -0.4 is 15.6 Å². The van der Waals surface area contributed by atoms with Gasteiger partial charge in [-0.25, -0.2) is 14.3 Å². The lowest BCUT2D eigenvalue weighted by Crippen LogP contribution is -2.43. The first-order valence-corrected chi connectivity index (χ1v) is 8.02. The number of anilines is 1. The van der Waals surface area contributed by atoms with E-state index >= 15 is 0 Å². The monoisotopic (exact) mass is 299 g/mol. The number of hydrogen-bond donors (Lipinski definition) is 2. The highest BCUT2D eigenvalue weighted by Crippen LogP contribution is 2.22. The van der Waals surface area contributed by atoms with Crippen LogP contribution >= 0.6 is 0 Å². The van der Waals surface area contributed by atoms with Crippen LogP contribution in [0.2, 0.25) is 0 Å². The van der Waals surface area contributed by atoms with Gasteiger partial charge in [-0.2, -0.15) is 0 Å². The Labute approximate surface area is 120 Å². The van der Waals surface area contributed by atoms with Crippen molar-refractivity contribution in [1.29, 1.82) is 0 Å². The number of nitrogens with one attached hydrogen (secondary N) is 1. The number of carbonyl (C=O) groups excluding carboxylic acids is 1. The van der Waals surface area contributed by atoms with Gasteiger partial charge in [-0.05, 0) is 30.5 Å². The molecule has 0 aromatic heterocycles. The highest BCUT2D eigenvalue weighted by molar-refractivity contribution is 7.92. The van der Waals surface area contributed by atoms with Crippen molar-refractivity contribution >= 4 is 21.6 Å². The lowest BCUT2D eigenvalue weighted by Gasteiger charge is -2.23. The van der Waals surface area contributed by atoms with E-state index in [9.17, 15) is 13.2 Å². The van der Waals surface area contributed by atoms with Crippen LogP contribution in [0.15, 0.2) is 24.3 Å². The molecule has 0 heterocycles. The summed E-state index contributed by atoms with van der Waals surface area (Å²) in [4.78, 5) is 11.4. The molecule has 7 heteroatoms. The van der Waals surface area contributed by atoms with E-state index in [0.29, 0.717) is 11.6 Å². The maximum atomic E-state index is 12.1. The molecule has 1 aromatic rings. The van der Waals surface area contributed by atoms with Crippen molar-refractivity contribution < 1.29 is 13.2 Å². The smallest absolute Gasteiger partial charge is 0.254 e. The Bertz CT molecular complexity index is 553. The predicted octanol–water partition coefficient (Wildman–Crippen LogP) is 0.956. The summed E-state index contributed by atoms with van der Waals surface area (Å²) in [5, 5.41) is 0. The number of hydrogen-bond acceptors (Lipinski definition) is 4. The van der Waals surface area contributed by atoms with Crippen molar-refractivity contribution in [1.82, 2.24) is 5.43 Å². The number of nitrogens with two attached hydrogens (primary N) is 1. The average Bonchev–Trinajstić information content (AvgIpc) is 2.44. The maximum Gasteiger partial charge on any atom is 0.254 e. The van der Waals surface area contributed by atoms with E-state index in [1.54, 1.807) is 12.1 Å². The van der Waals surface area contributed by atoms with Gasteiger partial charge in [-0.1, -0.05) is 26.0 Å². The zero-order valence-electron chi connectivity index (χ0n) is 12.0. The van der Waals surface area contributed by atoms with Gasteiger partial charge in [0.2, 0.25) is 10.0 Å². The first-order chi connectivity index (χ1) is 9.31. The summed E-state index contributed by atoms with van der Waals surface area (Å²) in [7, 11) is -3.53. The molecule has 0 aliphatic heterocycles. The molecule has 0 saturated carbocycles. The van der Waals surface area contributed by atoms with Crippen LogP contribution in [0.1, 0.15) is 32.3 Å². The van der Waals surface area contributed by atoms with Crippen LogP contribution in [0.3, 0.4) is 0 Å². The van der Waals surface area contributed by atoms with E-state index in [2.05, 4.69) is 13.8 Å². The molecule has 0 bridgehead atoms. The molecule has 0 spiro atoms. The van der Waals surface area contributed by atoms with Crippen molar-refractivity contribution in [3.63, 3.8) is 0 Å². The second-order valence-electron chi connectivity index (χ2n) is 4.72. The summed E-state index contributed by atoms with van der Waals surface area (Å²) in [5.41, 5.74) is 3.51. The molecule has 1 aromatic carbocycles. The number of rotatable bonds is 6. The lowest BCUT2D eigenvalue weighted by atomic mass is 10.0. The molecule has 0 radical (unpaired) electrons. The number of nitrogens with zero attached hydrogens (tertiary/aromatic N) is 1. The Hall–Kier alpha value is -1.60. The Morgan fingerprint density at radius 3 is 2.25 bits per heavy atom. The van der Waals surface area contributed by atoms with Crippen LogP contribution in [-0.4, -0.2) is 26.6 Å². The number of hydrazine groups is 1. The van der Waals surface area contributed by atoms with Crippen molar-refractivity contribution in [3.8, 4) is 0 Å². The minimum Gasteiger partial charge on any atom is -0.293 e. The maximum absolute atomic E-state index is 12.1. The molecule has 6 nitrogen and oxygen atoms in total. The second kappa shape index (κ2) is 6.71. The topological polar surface area (TPSA) is 92.5 Å². The minimum absolute atomic E-state index is 0.0865. The van der Waals surface area contributed by atoms with Gasteiger partial charge in [0, 0.05) is 0 Å². The SMILES string of the molecule is CCS(=O)(=O)N(CC(=O)NN)c1ccc(C(C)C)cc1. The molecule has 0 saturated heterocycles. The van der Waals surface area contributed by atoms with Gasteiger partial charge in [0.15, 0.2) is 0 Å². The van der Waals surface area contributed by atoms with Gasteiger partial charge >= 0.3 is 0 Å². The summed E-state index contributed by atoms with van der Waals surface area (Å²) in [6.45, 7) is 5.31. The first kappa shape index (κ1) is 16.5. The zero-order valence-corrected chi connectivity index (χ0v) is 12.8. The van der Waals surface area contributed by atoms with Crippen LogP contribution in [0.5, 0.6) is 0 Å². The van der Waals surface area contributed by atoms with E-state index in [1.165, 1.54) is 6.92 Å². The summed E-state index contributed by atoms with van der Waals surface area (Å²) < 4.78 is 25.2. The Kier molecular flexibility index (Phi) is 5.52. The predicted molar refractivity (Wildman–Crippen MR) is 79.7 cm³/mol. The number of sulfonamides is 1. The lowest BCUT2D eigenvalue weighted by molar-refractivity contribution is -0.119. The molecule has 0 aliphatic carbocycles. The third kappa shape index (κ3) is 3.94. The van der Waals surface area contributed by atoms with Crippen LogP contribution in [0.25, 0.3) is 0 Å². The second-order valence-corrected chi connectivity index (χ2v) is 6.90. The van der Waals surface area contributed by atoms with Crippen LogP contribution in [0, 0.1) is 0 Å². The van der Waals surface area contributed by atoms with Gasteiger partial charge in [0.05, 0.1) is 11.4 Å². The highest BCUT2D eigenvalue weighted by atomic mass is 32.2. The summed E-state index contributed by atoms with van der Waals surface area (Å²) >= 11 is 0. The van der Waals surface area contributed by atoms with E-state index in [1.807, 2.05) is 17.6 Å². The molecule has 112 valence electrons. The zero-order chi connectivity index (χ0) is 15.3. The third-order valence-electron chi connectivity index (χ3n) is 3.00. The molecule has 0 fully saturated rings. The molecule has 20 heavy (non-hydrogen) atoms. The van der Waals surface area contributed by atoms with E-state index < -0.39 is 15.9 Å². The molecule has 3 N–H and O–H groups in total. The van der Waals surface area contributed by atoms with E-state index in [4.69, 9.17) is 5.84 Å². The number of amides is 1. The van der Waals surface area contributed by atoms with Crippen LogP contribution in [0.4, 0.5) is 5.69 Å². The van der Waals surface area contributed by atoms with Crippen molar-refractivity contribution in [2.75, 3.05) is 16.6 Å². The Morgan fingerprint density at radius 1 is 1.30 bits per heavy atom. The van der Waals surface area contributed by atoms with Crippen molar-refractivity contribution in [2.45, 2.75) is 26.7 Å². The van der Waals surface area contributed by atoms with Gasteiger partial charge in [-0.15, -0.1) is 0 Å². The summed E-state index contributed by atoms with van der Waals surface area (Å²) in [6.07, 6.45) is 0. The Balaban J connectivity index is 3.13. The third-order valence-corrected chi connectivity index (χ3v) is 4.74. The molecular weight excluding hydrogens is 278 g/mol. The largest absolute Gasteiger partial charge is 0.293 e. The minimum atomic E-state index is -3.53. The first-order valence-electron chi connectivity index (χ1n) is 6.41. The molecule has 0 unspecified atom stereocenters.